The Hall–Kier alpha value is -3.40. The first kappa shape index (κ1) is 19.6. The Morgan fingerprint density at radius 2 is 2.03 bits per heavy atom. The third kappa shape index (κ3) is 3.32. The Balaban J connectivity index is 1.49. The van der Waals surface area contributed by atoms with Crippen molar-refractivity contribution < 1.29 is 17.6 Å². The van der Waals surface area contributed by atoms with Gasteiger partial charge in [0, 0.05) is 35.6 Å². The lowest BCUT2D eigenvalue weighted by Crippen LogP contribution is -2.32. The summed E-state index contributed by atoms with van der Waals surface area (Å²) in [5.41, 5.74) is 5.70. The maximum Gasteiger partial charge on any atom is 0.268 e. The molecule has 1 amide bonds. The predicted molar refractivity (Wildman–Crippen MR) is 114 cm³/mol. The molecular weight excluding hydrogens is 418 g/mol. The molecule has 1 N–H and O–H groups in total. The van der Waals surface area contributed by atoms with Crippen molar-refractivity contribution in [1.29, 1.82) is 0 Å². The first-order chi connectivity index (χ1) is 14.7. The number of sulfonamides is 1. The predicted octanol–water partition coefficient (Wildman–Crippen LogP) is 2.83. The van der Waals surface area contributed by atoms with Gasteiger partial charge < -0.3 is 4.42 Å². The zero-order valence-electron chi connectivity index (χ0n) is 17.3. The van der Waals surface area contributed by atoms with Crippen molar-refractivity contribution in [2.75, 3.05) is 0 Å². The molecule has 0 spiro atoms. The van der Waals surface area contributed by atoms with Crippen LogP contribution >= 0.6 is 0 Å². The van der Waals surface area contributed by atoms with E-state index in [-0.39, 0.29) is 5.56 Å². The summed E-state index contributed by atoms with van der Waals surface area (Å²) in [6.07, 6.45) is 6.06. The summed E-state index contributed by atoms with van der Waals surface area (Å²) in [6, 6.07) is 5.30. The fourth-order valence-electron chi connectivity index (χ4n) is 3.75. The molecule has 31 heavy (non-hydrogen) atoms. The van der Waals surface area contributed by atoms with Crippen molar-refractivity contribution in [2.24, 2.45) is 7.05 Å². The summed E-state index contributed by atoms with van der Waals surface area (Å²) in [4.78, 5) is 12.4. The van der Waals surface area contributed by atoms with E-state index < -0.39 is 21.2 Å². The molecule has 10 heteroatoms. The molecule has 1 aliphatic rings. The minimum atomic E-state index is -3.61. The molecule has 9 nitrogen and oxygen atoms in total. The molecule has 4 heterocycles. The van der Waals surface area contributed by atoms with E-state index >= 15 is 0 Å². The number of aromatic nitrogens is 4. The normalized spacial score (nSPS) is 14.3. The first-order valence-corrected chi connectivity index (χ1v) is 11.4. The average molecular weight is 439 g/mol. The molecule has 1 fully saturated rings. The summed E-state index contributed by atoms with van der Waals surface area (Å²) < 4.78 is 35.3. The van der Waals surface area contributed by atoms with Crippen molar-refractivity contribution in [3.63, 3.8) is 0 Å². The number of hydrogen-bond acceptors (Lipinski definition) is 6. The smallest absolute Gasteiger partial charge is 0.268 e. The Kier molecular flexibility index (Phi) is 4.30. The molecular formula is C21H21N5O4S. The minimum Gasteiger partial charge on any atom is -0.464 e. The van der Waals surface area contributed by atoms with Gasteiger partial charge in [0.2, 0.25) is 10.0 Å². The number of furan rings is 1. The number of nitrogens with zero attached hydrogens (tertiary/aromatic N) is 4. The molecule has 5 rings (SSSR count). The van der Waals surface area contributed by atoms with Crippen molar-refractivity contribution in [1.82, 2.24) is 24.1 Å². The molecule has 0 aromatic carbocycles. The molecule has 0 bridgehead atoms. The largest absolute Gasteiger partial charge is 0.464 e. The standard InChI is InChI=1S/C21H21N5O4S/c1-12-20(13(2)25(3)23-12)17-10-22-26-7-6-14(8-18(17)26)19-9-15(11-30-19)21(27)24-31(28,29)16-4-5-16/h6-11,16H,4-5H2,1-3H3,(H,24,27). The fourth-order valence-corrected chi connectivity index (χ4v) is 5.05. The minimum absolute atomic E-state index is 0.159. The highest BCUT2D eigenvalue weighted by atomic mass is 32.2. The average Bonchev–Trinajstić information content (AvgIpc) is 3.26. The fraction of sp³-hybridized carbons (Fsp3) is 0.286. The van der Waals surface area contributed by atoms with Gasteiger partial charge in [-0.05, 0) is 44.9 Å². The number of rotatable bonds is 5. The van der Waals surface area contributed by atoms with Gasteiger partial charge in [-0.15, -0.1) is 0 Å². The van der Waals surface area contributed by atoms with E-state index in [0.717, 1.165) is 33.6 Å². The van der Waals surface area contributed by atoms with Gasteiger partial charge in [0.1, 0.15) is 12.0 Å². The van der Waals surface area contributed by atoms with E-state index in [4.69, 9.17) is 4.42 Å². The molecule has 1 saturated carbocycles. The van der Waals surface area contributed by atoms with Gasteiger partial charge in [0.05, 0.1) is 28.2 Å². The van der Waals surface area contributed by atoms with Crippen LogP contribution in [-0.4, -0.2) is 39.0 Å². The van der Waals surface area contributed by atoms with Crippen molar-refractivity contribution >= 4 is 21.4 Å². The topological polar surface area (TPSA) is 111 Å². The van der Waals surface area contributed by atoms with Crippen molar-refractivity contribution in [3.8, 4) is 22.5 Å². The van der Waals surface area contributed by atoms with Crippen LogP contribution in [0.2, 0.25) is 0 Å². The van der Waals surface area contributed by atoms with E-state index in [9.17, 15) is 13.2 Å². The summed E-state index contributed by atoms with van der Waals surface area (Å²) in [7, 11) is -1.71. The van der Waals surface area contributed by atoms with Crippen LogP contribution in [0.3, 0.4) is 0 Å². The second-order valence-corrected chi connectivity index (χ2v) is 9.81. The van der Waals surface area contributed by atoms with Gasteiger partial charge in [-0.3, -0.25) is 9.48 Å². The number of pyridine rings is 1. The molecule has 160 valence electrons. The lowest BCUT2D eigenvalue weighted by Gasteiger charge is -2.03. The van der Waals surface area contributed by atoms with Crippen LogP contribution in [0.1, 0.15) is 34.6 Å². The first-order valence-electron chi connectivity index (χ1n) is 9.87. The third-order valence-electron chi connectivity index (χ3n) is 5.64. The van der Waals surface area contributed by atoms with Gasteiger partial charge in [0.25, 0.3) is 5.91 Å². The van der Waals surface area contributed by atoms with Crippen LogP contribution in [0, 0.1) is 13.8 Å². The molecule has 0 saturated heterocycles. The Morgan fingerprint density at radius 3 is 2.71 bits per heavy atom. The third-order valence-corrected chi connectivity index (χ3v) is 7.46. The van der Waals surface area contributed by atoms with Gasteiger partial charge in [-0.2, -0.15) is 10.2 Å². The number of nitrogens with one attached hydrogen (secondary N) is 1. The number of hydrogen-bond donors (Lipinski definition) is 1. The molecule has 0 atom stereocenters. The lowest BCUT2D eigenvalue weighted by atomic mass is 10.0. The molecule has 0 unspecified atom stereocenters. The maximum absolute atomic E-state index is 12.4. The van der Waals surface area contributed by atoms with E-state index in [1.807, 2.05) is 43.9 Å². The second kappa shape index (κ2) is 6.81. The molecule has 4 aromatic rings. The highest BCUT2D eigenvalue weighted by Crippen LogP contribution is 2.33. The van der Waals surface area contributed by atoms with Crippen LogP contribution in [0.4, 0.5) is 0 Å². The van der Waals surface area contributed by atoms with E-state index in [0.29, 0.717) is 18.6 Å². The highest BCUT2D eigenvalue weighted by molar-refractivity contribution is 7.91. The number of aryl methyl sites for hydroxylation is 2. The molecule has 1 aliphatic carbocycles. The monoisotopic (exact) mass is 439 g/mol. The van der Waals surface area contributed by atoms with Crippen LogP contribution in [0.5, 0.6) is 0 Å². The SMILES string of the molecule is Cc1nn(C)c(C)c1-c1cnn2ccc(-c3cc(C(=O)NS(=O)(=O)C4CC4)co3)cc12. The number of carbonyl (C=O) groups is 1. The molecule has 0 radical (unpaired) electrons. The van der Waals surface area contributed by atoms with Crippen molar-refractivity contribution in [3.05, 3.63) is 53.8 Å². The van der Waals surface area contributed by atoms with E-state index in [1.54, 1.807) is 16.8 Å². The quantitative estimate of drug-likeness (QED) is 0.512. The van der Waals surface area contributed by atoms with Crippen LogP contribution in [0.25, 0.3) is 28.0 Å². The Labute approximate surface area is 178 Å². The van der Waals surface area contributed by atoms with E-state index in [1.165, 1.54) is 6.26 Å². The number of fused-ring (bicyclic) bond motifs is 1. The summed E-state index contributed by atoms with van der Waals surface area (Å²) in [5.74, 6) is -0.224. The number of amides is 1. The van der Waals surface area contributed by atoms with Crippen LogP contribution in [-0.2, 0) is 17.1 Å². The Bertz CT molecular complexity index is 1440. The summed E-state index contributed by atoms with van der Waals surface area (Å²) >= 11 is 0. The van der Waals surface area contributed by atoms with Gasteiger partial charge >= 0.3 is 0 Å². The summed E-state index contributed by atoms with van der Waals surface area (Å²) in [6.45, 7) is 3.97. The van der Waals surface area contributed by atoms with Gasteiger partial charge in [-0.25, -0.2) is 17.7 Å². The van der Waals surface area contributed by atoms with Crippen LogP contribution in [0.15, 0.2) is 41.3 Å². The van der Waals surface area contributed by atoms with Gasteiger partial charge in [-0.1, -0.05) is 0 Å². The van der Waals surface area contributed by atoms with Crippen LogP contribution < -0.4 is 4.72 Å². The zero-order chi connectivity index (χ0) is 21.9. The Morgan fingerprint density at radius 1 is 1.26 bits per heavy atom. The zero-order valence-corrected chi connectivity index (χ0v) is 18.1. The molecule has 0 aliphatic heterocycles. The van der Waals surface area contributed by atoms with E-state index in [2.05, 4.69) is 14.9 Å². The highest BCUT2D eigenvalue weighted by Gasteiger charge is 2.37. The lowest BCUT2D eigenvalue weighted by molar-refractivity contribution is 0.0980. The number of carbonyl (C=O) groups excluding carboxylic acids is 1. The molecule has 4 aromatic heterocycles. The van der Waals surface area contributed by atoms with Crippen molar-refractivity contribution in [2.45, 2.75) is 31.9 Å². The summed E-state index contributed by atoms with van der Waals surface area (Å²) in [5, 5.41) is 8.46. The van der Waals surface area contributed by atoms with Gasteiger partial charge in [0.15, 0.2) is 0 Å². The maximum atomic E-state index is 12.4. The second-order valence-electron chi connectivity index (χ2n) is 7.85.